The molecular weight excluding hydrogens is 378 g/mol. The molecule has 0 saturated heterocycles. The molecule has 0 amide bonds. The first-order valence-corrected chi connectivity index (χ1v) is 8.33. The fraction of sp³-hybridized carbons (Fsp3) is 0.188. The van der Waals surface area contributed by atoms with Crippen LogP contribution in [0.3, 0.4) is 0 Å². The van der Waals surface area contributed by atoms with Crippen LogP contribution >= 0.6 is 23.2 Å². The maximum Gasteiger partial charge on any atom is 0.395 e. The summed E-state index contributed by atoms with van der Waals surface area (Å²) in [6.45, 7) is 2.23. The number of rotatable bonds is 6. The van der Waals surface area contributed by atoms with E-state index in [2.05, 4.69) is 15.2 Å². The quantitative estimate of drug-likeness (QED) is 0.496. The predicted octanol–water partition coefficient (Wildman–Crippen LogP) is 2.98. The monoisotopic (exact) mass is 391 g/mol. The Morgan fingerprint density at radius 1 is 1.38 bits per heavy atom. The van der Waals surface area contributed by atoms with E-state index in [1.807, 2.05) is 6.92 Å². The molecule has 0 fully saturated rings. The number of nitrogens with zero attached hydrogens (tertiary/aromatic N) is 3. The van der Waals surface area contributed by atoms with Crippen molar-refractivity contribution in [3.05, 3.63) is 51.4 Å². The minimum atomic E-state index is -1.13. The predicted molar refractivity (Wildman–Crippen MR) is 99.7 cm³/mol. The van der Waals surface area contributed by atoms with Gasteiger partial charge in [0.15, 0.2) is 5.69 Å². The molecule has 3 aromatic rings. The normalized spacial score (nSPS) is 11.1. The topological polar surface area (TPSA) is 88.8 Å². The summed E-state index contributed by atoms with van der Waals surface area (Å²) >= 11 is 12.4. The number of aryl methyl sites for hydroxylation is 1. The van der Waals surface area contributed by atoms with Crippen LogP contribution in [0.4, 0.5) is 0 Å². The molecule has 0 unspecified atom stereocenters. The SMILES string of the molecule is CO[B]NCc1c(C)nc2nc(C(=O)O)cn2c1-c1ccc(Cl)cc1Cl. The van der Waals surface area contributed by atoms with Gasteiger partial charge in [-0.2, -0.15) is 0 Å². The summed E-state index contributed by atoms with van der Waals surface area (Å²) in [7, 11) is 2.99. The number of fused-ring (bicyclic) bond motifs is 1. The van der Waals surface area contributed by atoms with Crippen LogP contribution in [-0.2, 0) is 11.2 Å². The van der Waals surface area contributed by atoms with Gasteiger partial charge in [-0.15, -0.1) is 0 Å². The van der Waals surface area contributed by atoms with Crippen molar-refractivity contribution in [2.45, 2.75) is 13.5 Å². The molecule has 0 saturated carbocycles. The average Bonchev–Trinajstić information content (AvgIpc) is 3.00. The van der Waals surface area contributed by atoms with Crippen molar-refractivity contribution < 1.29 is 14.6 Å². The summed E-state index contributed by atoms with van der Waals surface area (Å²) in [5, 5.41) is 13.2. The van der Waals surface area contributed by atoms with Gasteiger partial charge in [0, 0.05) is 41.7 Å². The van der Waals surface area contributed by atoms with Crippen LogP contribution in [0, 0.1) is 6.92 Å². The van der Waals surface area contributed by atoms with Crippen LogP contribution in [0.2, 0.25) is 10.0 Å². The van der Waals surface area contributed by atoms with Gasteiger partial charge < -0.3 is 15.0 Å². The summed E-state index contributed by atoms with van der Waals surface area (Å²) in [5.41, 5.74) is 2.79. The number of carbonyl (C=O) groups is 1. The first-order chi connectivity index (χ1) is 12.4. The van der Waals surface area contributed by atoms with E-state index in [1.54, 1.807) is 22.6 Å². The smallest absolute Gasteiger partial charge is 0.395 e. The molecule has 2 N–H and O–H groups in total. The van der Waals surface area contributed by atoms with Crippen molar-refractivity contribution in [1.29, 1.82) is 0 Å². The van der Waals surface area contributed by atoms with Crippen LogP contribution < -0.4 is 5.23 Å². The number of nitrogens with one attached hydrogen (secondary N) is 1. The van der Waals surface area contributed by atoms with E-state index < -0.39 is 5.97 Å². The molecule has 3 rings (SSSR count). The van der Waals surface area contributed by atoms with Crippen molar-refractivity contribution in [3.63, 3.8) is 0 Å². The lowest BCUT2D eigenvalue weighted by Crippen LogP contribution is -2.22. The van der Waals surface area contributed by atoms with E-state index in [0.717, 1.165) is 5.56 Å². The van der Waals surface area contributed by atoms with E-state index >= 15 is 0 Å². The third-order valence-corrected chi connectivity index (χ3v) is 4.35. The van der Waals surface area contributed by atoms with Crippen LogP contribution in [0.5, 0.6) is 0 Å². The van der Waals surface area contributed by atoms with E-state index in [1.165, 1.54) is 20.9 Å². The summed E-state index contributed by atoms with van der Waals surface area (Å²) in [4.78, 5) is 19.8. The maximum absolute atomic E-state index is 11.3. The van der Waals surface area contributed by atoms with Crippen molar-refractivity contribution in [1.82, 2.24) is 19.6 Å². The first-order valence-electron chi connectivity index (χ1n) is 7.57. The van der Waals surface area contributed by atoms with Gasteiger partial charge in [0.1, 0.15) is 0 Å². The van der Waals surface area contributed by atoms with Gasteiger partial charge in [0.2, 0.25) is 5.78 Å². The largest absolute Gasteiger partial charge is 0.476 e. The van der Waals surface area contributed by atoms with Crippen molar-refractivity contribution in [3.8, 4) is 11.3 Å². The summed E-state index contributed by atoms with van der Waals surface area (Å²) in [6, 6.07) is 5.13. The summed E-state index contributed by atoms with van der Waals surface area (Å²) < 4.78 is 6.54. The maximum atomic E-state index is 11.3. The molecule has 7 nitrogen and oxygen atoms in total. The number of aromatic carboxylic acids is 1. The Morgan fingerprint density at radius 3 is 2.81 bits per heavy atom. The Hall–Kier alpha value is -2.13. The van der Waals surface area contributed by atoms with E-state index in [4.69, 9.17) is 27.9 Å². The van der Waals surface area contributed by atoms with E-state index in [9.17, 15) is 9.90 Å². The van der Waals surface area contributed by atoms with Crippen LogP contribution in [0.1, 0.15) is 21.7 Å². The van der Waals surface area contributed by atoms with Crippen LogP contribution in [0.25, 0.3) is 17.0 Å². The average molecular weight is 392 g/mol. The second-order valence-electron chi connectivity index (χ2n) is 5.48. The highest BCUT2D eigenvalue weighted by Gasteiger charge is 2.20. The van der Waals surface area contributed by atoms with E-state index in [0.29, 0.717) is 33.5 Å². The molecule has 0 aliphatic carbocycles. The van der Waals surface area contributed by atoms with Crippen molar-refractivity contribution in [2.75, 3.05) is 7.11 Å². The van der Waals surface area contributed by atoms with Crippen molar-refractivity contribution in [2.24, 2.45) is 0 Å². The van der Waals surface area contributed by atoms with Gasteiger partial charge in [0.25, 0.3) is 0 Å². The molecule has 2 heterocycles. The molecule has 0 aliphatic rings. The number of hydrogen-bond donors (Lipinski definition) is 2. The zero-order valence-corrected chi connectivity index (χ0v) is 15.5. The third-order valence-electron chi connectivity index (χ3n) is 3.80. The highest BCUT2D eigenvalue weighted by atomic mass is 35.5. The Labute approximate surface area is 160 Å². The molecule has 0 spiro atoms. The van der Waals surface area contributed by atoms with Crippen LogP contribution in [0.15, 0.2) is 24.4 Å². The number of imidazole rings is 1. The molecule has 10 heteroatoms. The van der Waals surface area contributed by atoms with Gasteiger partial charge in [-0.25, -0.2) is 14.8 Å². The molecular formula is C16H14BCl2N4O3. The Morgan fingerprint density at radius 2 is 2.15 bits per heavy atom. The second kappa shape index (κ2) is 7.63. The van der Waals surface area contributed by atoms with Gasteiger partial charge >= 0.3 is 13.6 Å². The zero-order chi connectivity index (χ0) is 18.8. The van der Waals surface area contributed by atoms with Gasteiger partial charge in [-0.3, -0.25) is 4.40 Å². The fourth-order valence-corrected chi connectivity index (χ4v) is 3.16. The molecule has 2 aromatic heterocycles. The second-order valence-corrected chi connectivity index (χ2v) is 6.33. The number of carboxylic acid groups (broad SMARTS) is 1. The molecule has 133 valence electrons. The van der Waals surface area contributed by atoms with Gasteiger partial charge in [0.05, 0.1) is 10.7 Å². The zero-order valence-electron chi connectivity index (χ0n) is 14.0. The molecule has 0 bridgehead atoms. The van der Waals surface area contributed by atoms with Crippen LogP contribution in [-0.4, -0.2) is 40.2 Å². The fourth-order valence-electron chi connectivity index (χ4n) is 2.66. The number of carboxylic acids is 1. The molecule has 1 radical (unpaired) electrons. The number of benzene rings is 1. The number of hydrogen-bond acceptors (Lipinski definition) is 5. The lowest BCUT2D eigenvalue weighted by Gasteiger charge is -2.16. The van der Waals surface area contributed by atoms with Gasteiger partial charge in [-0.1, -0.05) is 23.2 Å². The third kappa shape index (κ3) is 3.54. The first kappa shape index (κ1) is 18.7. The summed E-state index contributed by atoms with van der Waals surface area (Å²) in [5.74, 6) is -0.853. The highest BCUT2D eigenvalue weighted by molar-refractivity contribution is 6.36. The standard InChI is InChI=1S/C16H14BCl2N4O3/c1-8-11(6-20-17-26-2)14(10-4-3-9(18)5-12(10)19)23-7-13(15(24)25)22-16(23)21-8/h3-5,7,20H,6H2,1-2H3,(H,24,25). The molecule has 26 heavy (non-hydrogen) atoms. The number of halogens is 2. The minimum Gasteiger partial charge on any atom is -0.476 e. The lowest BCUT2D eigenvalue weighted by molar-refractivity contribution is 0.0691. The Balaban J connectivity index is 2.29. The minimum absolute atomic E-state index is 0.100. The molecule has 0 aliphatic heterocycles. The Bertz CT molecular complexity index is 993. The molecule has 1 aromatic carbocycles. The Kier molecular flexibility index (Phi) is 5.48. The van der Waals surface area contributed by atoms with Gasteiger partial charge in [-0.05, 0) is 25.1 Å². The number of aromatic nitrogens is 3. The molecule has 0 atom stereocenters. The lowest BCUT2D eigenvalue weighted by atomic mass is 10.0. The highest BCUT2D eigenvalue weighted by Crippen LogP contribution is 2.34. The summed E-state index contributed by atoms with van der Waals surface area (Å²) in [6.07, 6.45) is 1.42. The van der Waals surface area contributed by atoms with Crippen molar-refractivity contribution >= 4 is 42.6 Å². The van der Waals surface area contributed by atoms with E-state index in [-0.39, 0.29) is 11.5 Å².